The van der Waals surface area contributed by atoms with E-state index in [0.717, 1.165) is 5.69 Å². The van der Waals surface area contributed by atoms with Crippen molar-refractivity contribution in [2.45, 2.75) is 18.9 Å². The molecule has 0 aliphatic carbocycles. The highest BCUT2D eigenvalue weighted by Crippen LogP contribution is 2.35. The molecule has 0 amide bonds. The van der Waals surface area contributed by atoms with Gasteiger partial charge in [-0.2, -0.15) is 0 Å². The average molecular weight is 255 g/mol. The molecule has 15 heavy (non-hydrogen) atoms. The van der Waals surface area contributed by atoms with Crippen LogP contribution in [-0.2, 0) is 0 Å². The van der Waals surface area contributed by atoms with Crippen LogP contribution in [-0.4, -0.2) is 17.6 Å². The first-order valence-corrected chi connectivity index (χ1v) is 4.24. The standard InChI is InChI=1S/C9H11FN2O.2ClH/c1-5-7(3-11)9-8(13-5)2-6(10)4-12-9;;/h2,4-5,7H,3,11H2,1H3;2*1H/t5-,7-;;/m1../s1. The van der Waals surface area contributed by atoms with Gasteiger partial charge in [-0.3, -0.25) is 4.98 Å². The Morgan fingerprint density at radius 3 is 2.80 bits per heavy atom. The van der Waals surface area contributed by atoms with Crippen LogP contribution in [0.15, 0.2) is 12.3 Å². The highest BCUT2D eigenvalue weighted by Gasteiger charge is 2.31. The number of nitrogens with two attached hydrogens (primary N) is 1. The number of pyridine rings is 1. The Morgan fingerprint density at radius 2 is 2.20 bits per heavy atom. The van der Waals surface area contributed by atoms with Crippen molar-refractivity contribution in [3.05, 3.63) is 23.8 Å². The molecule has 1 aromatic heterocycles. The number of fused-ring (bicyclic) bond motifs is 1. The summed E-state index contributed by atoms with van der Waals surface area (Å²) in [6.07, 6.45) is 1.19. The molecular formula is C9H13Cl2FN2O. The van der Waals surface area contributed by atoms with Gasteiger partial charge in [0, 0.05) is 12.6 Å². The third kappa shape index (κ3) is 2.51. The van der Waals surface area contributed by atoms with Crippen LogP contribution in [0.3, 0.4) is 0 Å². The summed E-state index contributed by atoms with van der Waals surface area (Å²) in [4.78, 5) is 3.98. The van der Waals surface area contributed by atoms with E-state index in [1.54, 1.807) is 0 Å². The second-order valence-electron chi connectivity index (χ2n) is 3.20. The van der Waals surface area contributed by atoms with Gasteiger partial charge in [0.25, 0.3) is 0 Å². The maximum Gasteiger partial charge on any atom is 0.145 e. The maximum absolute atomic E-state index is 12.7. The Morgan fingerprint density at radius 1 is 1.53 bits per heavy atom. The number of halogens is 3. The molecule has 1 aromatic rings. The molecule has 6 heteroatoms. The van der Waals surface area contributed by atoms with E-state index in [2.05, 4.69) is 4.98 Å². The molecule has 0 radical (unpaired) electrons. The van der Waals surface area contributed by atoms with Crippen molar-refractivity contribution in [3.63, 3.8) is 0 Å². The van der Waals surface area contributed by atoms with Crippen LogP contribution in [0.1, 0.15) is 18.5 Å². The lowest BCUT2D eigenvalue weighted by Crippen LogP contribution is -2.22. The Bertz CT molecular complexity index is 338. The van der Waals surface area contributed by atoms with Gasteiger partial charge in [-0.1, -0.05) is 0 Å². The molecule has 1 aliphatic heterocycles. The first kappa shape index (κ1) is 14.4. The van der Waals surface area contributed by atoms with Crippen LogP contribution in [0.4, 0.5) is 4.39 Å². The Balaban J connectivity index is 0.000000980. The predicted molar refractivity (Wildman–Crippen MR) is 60.6 cm³/mol. The molecule has 2 N–H and O–H groups in total. The second-order valence-corrected chi connectivity index (χ2v) is 3.20. The lowest BCUT2D eigenvalue weighted by atomic mass is 10.0. The summed E-state index contributed by atoms with van der Waals surface area (Å²) in [7, 11) is 0. The topological polar surface area (TPSA) is 48.1 Å². The van der Waals surface area contributed by atoms with Gasteiger partial charge in [-0.05, 0) is 6.92 Å². The summed E-state index contributed by atoms with van der Waals surface area (Å²) in [6, 6.07) is 1.36. The Kier molecular flexibility index (Phi) is 5.28. The Hall–Kier alpha value is -0.580. The van der Waals surface area contributed by atoms with Gasteiger partial charge in [-0.25, -0.2) is 4.39 Å². The van der Waals surface area contributed by atoms with E-state index in [-0.39, 0.29) is 42.7 Å². The number of aromatic nitrogens is 1. The lowest BCUT2D eigenvalue weighted by molar-refractivity contribution is 0.227. The molecule has 0 aromatic carbocycles. The fourth-order valence-corrected chi connectivity index (χ4v) is 1.61. The summed E-state index contributed by atoms with van der Waals surface area (Å²) in [5.74, 6) is 0.252. The Labute approximate surface area is 100 Å². The molecular weight excluding hydrogens is 242 g/mol. The molecule has 2 heterocycles. The molecule has 3 nitrogen and oxygen atoms in total. The molecule has 0 saturated heterocycles. The van der Waals surface area contributed by atoms with Crippen molar-refractivity contribution < 1.29 is 9.13 Å². The third-order valence-corrected chi connectivity index (χ3v) is 2.33. The minimum Gasteiger partial charge on any atom is -0.488 e. The minimum atomic E-state index is -0.372. The lowest BCUT2D eigenvalue weighted by Gasteiger charge is -2.10. The maximum atomic E-state index is 12.7. The van der Waals surface area contributed by atoms with Crippen LogP contribution in [0, 0.1) is 5.82 Å². The first-order valence-electron chi connectivity index (χ1n) is 4.24. The van der Waals surface area contributed by atoms with Crippen LogP contribution in [0.2, 0.25) is 0 Å². The number of hydrogen-bond donors (Lipinski definition) is 1. The minimum absolute atomic E-state index is 0. The monoisotopic (exact) mass is 254 g/mol. The molecule has 0 bridgehead atoms. The summed E-state index contributed by atoms with van der Waals surface area (Å²) in [5, 5.41) is 0. The van der Waals surface area contributed by atoms with Crippen LogP contribution >= 0.6 is 24.8 Å². The van der Waals surface area contributed by atoms with E-state index in [1.807, 2.05) is 6.92 Å². The van der Waals surface area contributed by atoms with E-state index in [0.29, 0.717) is 12.3 Å². The largest absolute Gasteiger partial charge is 0.488 e. The van der Waals surface area contributed by atoms with Gasteiger partial charge >= 0.3 is 0 Å². The zero-order chi connectivity index (χ0) is 9.42. The van der Waals surface area contributed by atoms with Crippen LogP contribution < -0.4 is 10.5 Å². The molecule has 0 saturated carbocycles. The zero-order valence-corrected chi connectivity index (χ0v) is 9.78. The summed E-state index contributed by atoms with van der Waals surface area (Å²) >= 11 is 0. The molecule has 0 spiro atoms. The van der Waals surface area contributed by atoms with E-state index in [9.17, 15) is 4.39 Å². The quantitative estimate of drug-likeness (QED) is 0.833. The van der Waals surface area contributed by atoms with E-state index < -0.39 is 0 Å². The number of nitrogens with zero attached hydrogens (tertiary/aromatic N) is 1. The van der Waals surface area contributed by atoms with Gasteiger partial charge in [0.15, 0.2) is 0 Å². The normalized spacial score (nSPS) is 22.1. The van der Waals surface area contributed by atoms with E-state index >= 15 is 0 Å². The summed E-state index contributed by atoms with van der Waals surface area (Å²) in [6.45, 7) is 2.39. The molecule has 0 fully saturated rings. The van der Waals surface area contributed by atoms with Crippen LogP contribution in [0.5, 0.6) is 5.75 Å². The number of hydrogen-bond acceptors (Lipinski definition) is 3. The van der Waals surface area contributed by atoms with Gasteiger partial charge < -0.3 is 10.5 Å². The number of ether oxygens (including phenoxy) is 1. The van der Waals surface area contributed by atoms with Crippen molar-refractivity contribution >= 4 is 24.8 Å². The second kappa shape index (κ2) is 5.49. The van der Waals surface area contributed by atoms with Gasteiger partial charge in [0.1, 0.15) is 17.7 Å². The van der Waals surface area contributed by atoms with Crippen molar-refractivity contribution in [3.8, 4) is 5.75 Å². The predicted octanol–water partition coefficient (Wildman–Crippen LogP) is 1.89. The highest BCUT2D eigenvalue weighted by atomic mass is 35.5. The molecule has 2 atom stereocenters. The van der Waals surface area contributed by atoms with Crippen LogP contribution in [0.25, 0.3) is 0 Å². The third-order valence-electron chi connectivity index (χ3n) is 2.33. The average Bonchev–Trinajstić information content (AvgIpc) is 2.39. The van der Waals surface area contributed by atoms with Crippen molar-refractivity contribution in [1.29, 1.82) is 0 Å². The zero-order valence-electron chi connectivity index (χ0n) is 8.14. The summed E-state index contributed by atoms with van der Waals surface area (Å²) in [5.41, 5.74) is 6.34. The molecule has 86 valence electrons. The molecule has 0 unspecified atom stereocenters. The fraction of sp³-hybridized carbons (Fsp3) is 0.444. The van der Waals surface area contributed by atoms with Crippen molar-refractivity contribution in [2.75, 3.05) is 6.54 Å². The molecule has 1 aliphatic rings. The number of rotatable bonds is 1. The smallest absolute Gasteiger partial charge is 0.145 e. The highest BCUT2D eigenvalue weighted by molar-refractivity contribution is 5.85. The SMILES string of the molecule is C[C@H]1Oc2cc(F)cnc2[C@@H]1CN.Cl.Cl. The van der Waals surface area contributed by atoms with Crippen molar-refractivity contribution in [1.82, 2.24) is 4.98 Å². The molecule has 2 rings (SSSR count). The van der Waals surface area contributed by atoms with Gasteiger partial charge in [0.05, 0.1) is 17.8 Å². The summed E-state index contributed by atoms with van der Waals surface area (Å²) < 4.78 is 18.2. The first-order chi connectivity index (χ1) is 6.22. The van der Waals surface area contributed by atoms with Crippen molar-refractivity contribution in [2.24, 2.45) is 5.73 Å². The van der Waals surface area contributed by atoms with E-state index in [4.69, 9.17) is 10.5 Å². The van der Waals surface area contributed by atoms with Gasteiger partial charge in [0.2, 0.25) is 0 Å². The van der Waals surface area contributed by atoms with Gasteiger partial charge in [-0.15, -0.1) is 24.8 Å². The van der Waals surface area contributed by atoms with E-state index in [1.165, 1.54) is 12.3 Å². The fourth-order valence-electron chi connectivity index (χ4n) is 1.61.